The van der Waals surface area contributed by atoms with Crippen LogP contribution in [0.1, 0.15) is 48.8 Å². The van der Waals surface area contributed by atoms with Gasteiger partial charge in [0.05, 0.1) is 18.8 Å². The van der Waals surface area contributed by atoms with Crippen molar-refractivity contribution in [3.63, 3.8) is 0 Å². The maximum Gasteiger partial charge on any atom is 0.258 e. The van der Waals surface area contributed by atoms with Gasteiger partial charge < -0.3 is 15.0 Å². The average Bonchev–Trinajstić information content (AvgIpc) is 2.78. The molecule has 7 nitrogen and oxygen atoms in total. The molecule has 3 aliphatic rings. The van der Waals surface area contributed by atoms with Gasteiger partial charge in [-0.25, -0.2) is 0 Å². The predicted molar refractivity (Wildman–Crippen MR) is 115 cm³/mol. The third-order valence-corrected chi connectivity index (χ3v) is 6.28. The van der Waals surface area contributed by atoms with Crippen LogP contribution in [-0.2, 0) is 16.0 Å². The van der Waals surface area contributed by atoms with Gasteiger partial charge in [0.1, 0.15) is 5.82 Å². The summed E-state index contributed by atoms with van der Waals surface area (Å²) in [5, 5.41) is 3.34. The van der Waals surface area contributed by atoms with Crippen LogP contribution in [0.15, 0.2) is 40.3 Å². The van der Waals surface area contributed by atoms with E-state index in [-0.39, 0.29) is 17.3 Å². The van der Waals surface area contributed by atoms with Gasteiger partial charge in [-0.15, -0.1) is 0 Å². The third-order valence-electron chi connectivity index (χ3n) is 6.28. The van der Waals surface area contributed by atoms with Gasteiger partial charge in [0.2, 0.25) is 5.95 Å². The van der Waals surface area contributed by atoms with Crippen molar-refractivity contribution in [2.24, 2.45) is 0 Å². The van der Waals surface area contributed by atoms with Crippen molar-refractivity contribution in [2.75, 3.05) is 36.5 Å². The van der Waals surface area contributed by atoms with E-state index in [0.29, 0.717) is 50.1 Å². The van der Waals surface area contributed by atoms with Gasteiger partial charge >= 0.3 is 0 Å². The van der Waals surface area contributed by atoms with Crippen molar-refractivity contribution in [3.05, 3.63) is 62.6 Å². The number of carbonyl (C=O) groups is 1. The number of rotatable bonds is 3. The first-order chi connectivity index (χ1) is 14.7. The van der Waals surface area contributed by atoms with E-state index in [1.807, 2.05) is 17.0 Å². The van der Waals surface area contributed by atoms with Gasteiger partial charge in [-0.2, -0.15) is 4.98 Å². The number of Topliss-reactive ketones (excluding diaryl/α,β-unsaturated/α-hetero) is 1. The summed E-state index contributed by atoms with van der Waals surface area (Å²) in [6.45, 7) is 4.73. The first-order valence-electron chi connectivity index (χ1n) is 10.7. The van der Waals surface area contributed by atoms with Crippen LogP contribution in [0.4, 0.5) is 11.8 Å². The van der Waals surface area contributed by atoms with Crippen LogP contribution in [0.2, 0.25) is 0 Å². The second kappa shape index (κ2) is 7.72. The quantitative estimate of drug-likeness (QED) is 0.815. The summed E-state index contributed by atoms with van der Waals surface area (Å²) in [6.07, 6.45) is 3.09. The Morgan fingerprint density at radius 1 is 1.13 bits per heavy atom. The van der Waals surface area contributed by atoms with E-state index in [1.165, 1.54) is 5.56 Å². The van der Waals surface area contributed by atoms with Crippen LogP contribution in [0.5, 0.6) is 0 Å². The van der Waals surface area contributed by atoms with Gasteiger partial charge in [-0.3, -0.25) is 14.6 Å². The third kappa shape index (κ3) is 3.23. The molecule has 0 spiro atoms. The fourth-order valence-electron chi connectivity index (χ4n) is 4.65. The van der Waals surface area contributed by atoms with E-state index >= 15 is 0 Å². The Morgan fingerprint density at radius 2 is 1.90 bits per heavy atom. The minimum absolute atomic E-state index is 0.121. The molecule has 1 saturated heterocycles. The Kier molecular flexibility index (Phi) is 4.90. The Bertz CT molecular complexity index is 1060. The van der Waals surface area contributed by atoms with Crippen molar-refractivity contribution in [3.8, 4) is 0 Å². The molecule has 0 amide bonds. The van der Waals surface area contributed by atoms with E-state index in [0.717, 1.165) is 36.1 Å². The summed E-state index contributed by atoms with van der Waals surface area (Å²) in [6, 6.07) is 8.24. The number of allylic oxidation sites excluding steroid dienone is 2. The molecular formula is C23H26N4O3. The molecule has 1 atom stereocenters. The molecular weight excluding hydrogens is 380 g/mol. The van der Waals surface area contributed by atoms with Gasteiger partial charge in [0, 0.05) is 36.7 Å². The molecule has 1 aliphatic carbocycles. The number of anilines is 2. The number of fused-ring (bicyclic) bond motifs is 1. The average molecular weight is 406 g/mol. The summed E-state index contributed by atoms with van der Waals surface area (Å²) < 4.78 is 5.42. The molecule has 5 rings (SSSR count). The molecule has 156 valence electrons. The summed E-state index contributed by atoms with van der Waals surface area (Å²) in [5.41, 5.74) is 4.17. The standard InChI is InChI=1S/C23H26N4O3/c1-2-14-6-8-15(9-7-14)18-19-16(4-3-5-17(19)28)24-21-20(18)22(29)26-23(25-21)27-10-12-30-13-11-27/h6-9,18H,2-5,10-13H2,1H3,(H2,24,25,26,29). The van der Waals surface area contributed by atoms with E-state index < -0.39 is 0 Å². The van der Waals surface area contributed by atoms with E-state index in [4.69, 9.17) is 9.72 Å². The molecule has 0 bridgehead atoms. The minimum atomic E-state index is -0.384. The lowest BCUT2D eigenvalue weighted by atomic mass is 9.76. The highest BCUT2D eigenvalue weighted by Crippen LogP contribution is 2.43. The number of benzene rings is 1. The number of aromatic amines is 1. The van der Waals surface area contributed by atoms with E-state index in [1.54, 1.807) is 0 Å². The molecule has 2 N–H and O–H groups in total. The van der Waals surface area contributed by atoms with Gasteiger partial charge in [0.25, 0.3) is 5.56 Å². The number of morpholine rings is 1. The lowest BCUT2D eigenvalue weighted by molar-refractivity contribution is -0.116. The first kappa shape index (κ1) is 19.1. The zero-order valence-corrected chi connectivity index (χ0v) is 17.2. The highest BCUT2D eigenvalue weighted by molar-refractivity contribution is 6.00. The van der Waals surface area contributed by atoms with Gasteiger partial charge in [-0.1, -0.05) is 31.2 Å². The number of nitrogens with one attached hydrogen (secondary N) is 2. The molecule has 0 radical (unpaired) electrons. The van der Waals surface area contributed by atoms with Crippen molar-refractivity contribution in [1.29, 1.82) is 0 Å². The Labute approximate surface area is 175 Å². The van der Waals surface area contributed by atoms with Gasteiger partial charge in [-0.05, 0) is 30.4 Å². The van der Waals surface area contributed by atoms with Crippen LogP contribution in [0, 0.1) is 0 Å². The molecule has 0 saturated carbocycles. The Hall–Kier alpha value is -2.93. The van der Waals surface area contributed by atoms with Crippen molar-refractivity contribution in [2.45, 2.75) is 38.5 Å². The number of aromatic nitrogens is 2. The predicted octanol–water partition coefficient (Wildman–Crippen LogP) is 2.73. The number of hydrogen-bond donors (Lipinski definition) is 2. The summed E-state index contributed by atoms with van der Waals surface area (Å²) in [7, 11) is 0. The molecule has 1 unspecified atom stereocenters. The maximum absolute atomic E-state index is 13.3. The fourth-order valence-corrected chi connectivity index (χ4v) is 4.65. The normalized spacial score (nSPS) is 21.2. The zero-order chi connectivity index (χ0) is 20.7. The molecule has 2 aliphatic heterocycles. The number of H-pyrrole nitrogens is 1. The van der Waals surface area contributed by atoms with Crippen LogP contribution in [-0.4, -0.2) is 42.1 Å². The lowest BCUT2D eigenvalue weighted by Crippen LogP contribution is -2.40. The number of hydrogen-bond acceptors (Lipinski definition) is 6. The highest BCUT2D eigenvalue weighted by Gasteiger charge is 2.38. The lowest BCUT2D eigenvalue weighted by Gasteiger charge is -2.34. The molecule has 2 aromatic rings. The SMILES string of the molecule is CCc1ccc(C2C3=C(CCCC3=O)Nc3nc(N4CCOCC4)[nH]c(=O)c32)cc1. The first-order valence-corrected chi connectivity index (χ1v) is 10.7. The number of nitrogens with zero attached hydrogens (tertiary/aromatic N) is 2. The second-order valence-corrected chi connectivity index (χ2v) is 8.07. The fraction of sp³-hybridized carbons (Fsp3) is 0.435. The topological polar surface area (TPSA) is 87.3 Å². The number of ketones is 1. The van der Waals surface area contributed by atoms with Crippen LogP contribution < -0.4 is 15.8 Å². The summed E-state index contributed by atoms with van der Waals surface area (Å²) in [4.78, 5) is 36.0. The van der Waals surface area contributed by atoms with Crippen molar-refractivity contribution >= 4 is 17.5 Å². The van der Waals surface area contributed by atoms with Gasteiger partial charge in [0.15, 0.2) is 5.78 Å². The van der Waals surface area contributed by atoms with E-state index in [2.05, 4.69) is 29.4 Å². The molecule has 7 heteroatoms. The van der Waals surface area contributed by atoms with Crippen molar-refractivity contribution < 1.29 is 9.53 Å². The monoisotopic (exact) mass is 406 g/mol. The highest BCUT2D eigenvalue weighted by atomic mass is 16.5. The molecule has 30 heavy (non-hydrogen) atoms. The molecule has 1 aromatic carbocycles. The Morgan fingerprint density at radius 3 is 2.63 bits per heavy atom. The van der Waals surface area contributed by atoms with Crippen molar-refractivity contribution in [1.82, 2.24) is 9.97 Å². The molecule has 1 fully saturated rings. The number of ether oxygens (including phenoxy) is 1. The Balaban J connectivity index is 1.65. The molecule has 1 aromatic heterocycles. The largest absolute Gasteiger partial charge is 0.378 e. The second-order valence-electron chi connectivity index (χ2n) is 8.07. The molecule has 3 heterocycles. The zero-order valence-electron chi connectivity index (χ0n) is 17.2. The maximum atomic E-state index is 13.3. The van der Waals surface area contributed by atoms with Crippen LogP contribution in [0.3, 0.4) is 0 Å². The van der Waals surface area contributed by atoms with Crippen LogP contribution >= 0.6 is 0 Å². The minimum Gasteiger partial charge on any atom is -0.378 e. The summed E-state index contributed by atoms with van der Waals surface area (Å²) in [5.74, 6) is 0.861. The number of aryl methyl sites for hydroxylation is 1. The summed E-state index contributed by atoms with van der Waals surface area (Å²) >= 11 is 0. The van der Waals surface area contributed by atoms with Crippen LogP contribution in [0.25, 0.3) is 0 Å². The smallest absolute Gasteiger partial charge is 0.258 e. The number of carbonyl (C=O) groups excluding carboxylic acids is 1. The van der Waals surface area contributed by atoms with E-state index in [9.17, 15) is 9.59 Å².